The third-order valence-corrected chi connectivity index (χ3v) is 2.92. The van der Waals surface area contributed by atoms with Crippen LogP contribution >= 0.6 is 11.6 Å². The molecule has 6 heteroatoms. The molecule has 0 bridgehead atoms. The number of carbonyl (C=O) groups excluding carboxylic acids is 1. The molecule has 0 radical (unpaired) electrons. The van der Waals surface area contributed by atoms with E-state index in [9.17, 15) is 4.79 Å². The number of nitrogens with zero attached hydrogens (tertiary/aromatic N) is 2. The van der Waals surface area contributed by atoms with Gasteiger partial charge in [0.2, 0.25) is 5.91 Å². The maximum Gasteiger partial charge on any atom is 0.245 e. The van der Waals surface area contributed by atoms with E-state index in [2.05, 4.69) is 10.4 Å². The lowest BCUT2D eigenvalue weighted by atomic mass is 10.1. The first kappa shape index (κ1) is 10.3. The highest BCUT2D eigenvalue weighted by atomic mass is 35.5. The van der Waals surface area contributed by atoms with Gasteiger partial charge in [0.05, 0.1) is 16.9 Å². The zero-order valence-corrected chi connectivity index (χ0v) is 9.48. The third-order valence-electron chi connectivity index (χ3n) is 2.73. The molecule has 3 N–H and O–H groups in total. The fraction of sp³-hybridized carbons (Fsp3) is 0.0909. The lowest BCUT2D eigenvalue weighted by Crippen LogP contribution is -2.19. The van der Waals surface area contributed by atoms with Crippen molar-refractivity contribution in [3.63, 3.8) is 0 Å². The van der Waals surface area contributed by atoms with Crippen molar-refractivity contribution in [2.45, 2.75) is 6.04 Å². The van der Waals surface area contributed by atoms with Crippen LogP contribution in [0.3, 0.4) is 0 Å². The molecule has 3 rings (SSSR count). The molecule has 1 aromatic carbocycles. The fourth-order valence-electron chi connectivity index (χ4n) is 1.86. The van der Waals surface area contributed by atoms with Gasteiger partial charge in [-0.2, -0.15) is 5.10 Å². The number of carbonyl (C=O) groups is 1. The molecule has 1 aliphatic rings. The fourth-order valence-corrected chi connectivity index (χ4v) is 2.00. The number of amides is 1. The molecule has 0 spiro atoms. The van der Waals surface area contributed by atoms with Crippen molar-refractivity contribution in [2.24, 2.45) is 5.73 Å². The predicted molar refractivity (Wildman–Crippen MR) is 64.1 cm³/mol. The number of nitrogens with two attached hydrogens (primary N) is 1. The molecule has 2 heterocycles. The standard InChI is InChI=1S/C11H9ClN4O/c12-6-4-14-16(5-6)7-1-2-8-9(3-7)15-11(17)10(8)13/h1-5,10H,13H2,(H,15,17). The normalized spacial score (nSPS) is 18.0. The summed E-state index contributed by atoms with van der Waals surface area (Å²) >= 11 is 5.80. The molecule has 0 saturated heterocycles. The Bertz CT molecular complexity index is 607. The van der Waals surface area contributed by atoms with Gasteiger partial charge >= 0.3 is 0 Å². The Morgan fingerprint density at radius 3 is 3.00 bits per heavy atom. The first-order valence-corrected chi connectivity index (χ1v) is 5.44. The lowest BCUT2D eigenvalue weighted by molar-refractivity contribution is -0.116. The van der Waals surface area contributed by atoms with Crippen LogP contribution in [0.2, 0.25) is 5.02 Å². The van der Waals surface area contributed by atoms with Gasteiger partial charge in [-0.1, -0.05) is 17.7 Å². The van der Waals surface area contributed by atoms with E-state index < -0.39 is 6.04 Å². The Labute approximate surface area is 102 Å². The van der Waals surface area contributed by atoms with Gasteiger partial charge in [0.25, 0.3) is 0 Å². The molecular weight excluding hydrogens is 240 g/mol. The molecule has 17 heavy (non-hydrogen) atoms. The van der Waals surface area contributed by atoms with Crippen LogP contribution in [-0.2, 0) is 4.79 Å². The minimum atomic E-state index is -0.583. The topological polar surface area (TPSA) is 72.9 Å². The minimum absolute atomic E-state index is 0.185. The van der Waals surface area contributed by atoms with Gasteiger partial charge in [0, 0.05) is 17.4 Å². The number of halogens is 1. The summed E-state index contributed by atoms with van der Waals surface area (Å²) in [5.74, 6) is -0.185. The summed E-state index contributed by atoms with van der Waals surface area (Å²) in [4.78, 5) is 11.4. The summed E-state index contributed by atoms with van der Waals surface area (Å²) < 4.78 is 1.64. The molecule has 0 saturated carbocycles. The number of fused-ring (bicyclic) bond motifs is 1. The number of aromatic nitrogens is 2. The Morgan fingerprint density at radius 1 is 1.47 bits per heavy atom. The highest BCUT2D eigenvalue weighted by Crippen LogP contribution is 2.30. The van der Waals surface area contributed by atoms with Gasteiger partial charge < -0.3 is 11.1 Å². The molecule has 1 aromatic heterocycles. The molecule has 2 aromatic rings. The Balaban J connectivity index is 2.06. The van der Waals surface area contributed by atoms with E-state index in [0.29, 0.717) is 5.02 Å². The van der Waals surface area contributed by atoms with Crippen molar-refractivity contribution in [3.8, 4) is 5.69 Å². The van der Waals surface area contributed by atoms with E-state index in [1.165, 1.54) is 0 Å². The van der Waals surface area contributed by atoms with Gasteiger partial charge in [-0.3, -0.25) is 4.79 Å². The Kier molecular flexibility index (Phi) is 2.17. The van der Waals surface area contributed by atoms with Crippen molar-refractivity contribution in [1.82, 2.24) is 9.78 Å². The second-order valence-electron chi connectivity index (χ2n) is 3.84. The number of nitrogens with one attached hydrogen (secondary N) is 1. The summed E-state index contributed by atoms with van der Waals surface area (Å²) in [5, 5.41) is 7.38. The molecule has 5 nitrogen and oxygen atoms in total. The van der Waals surface area contributed by atoms with Gasteiger partial charge in [-0.05, 0) is 12.1 Å². The van der Waals surface area contributed by atoms with Gasteiger partial charge in [-0.25, -0.2) is 4.68 Å². The molecule has 1 amide bonds. The van der Waals surface area contributed by atoms with Crippen LogP contribution in [0.5, 0.6) is 0 Å². The van der Waals surface area contributed by atoms with Gasteiger partial charge in [0.15, 0.2) is 0 Å². The molecule has 0 aliphatic carbocycles. The average Bonchev–Trinajstić information content (AvgIpc) is 2.85. The predicted octanol–water partition coefficient (Wildman–Crippen LogP) is 1.48. The molecule has 1 aliphatic heterocycles. The van der Waals surface area contributed by atoms with Crippen LogP contribution in [-0.4, -0.2) is 15.7 Å². The molecule has 1 atom stereocenters. The maximum absolute atomic E-state index is 11.4. The van der Waals surface area contributed by atoms with Gasteiger partial charge in [-0.15, -0.1) is 0 Å². The minimum Gasteiger partial charge on any atom is -0.324 e. The van der Waals surface area contributed by atoms with Crippen LogP contribution in [0, 0.1) is 0 Å². The molecule has 86 valence electrons. The third kappa shape index (κ3) is 1.60. The van der Waals surface area contributed by atoms with Crippen molar-refractivity contribution < 1.29 is 4.79 Å². The van der Waals surface area contributed by atoms with E-state index in [-0.39, 0.29) is 5.91 Å². The second-order valence-corrected chi connectivity index (χ2v) is 4.28. The largest absolute Gasteiger partial charge is 0.324 e. The molecular formula is C11H9ClN4O. The monoisotopic (exact) mass is 248 g/mol. The van der Waals surface area contributed by atoms with Crippen molar-refractivity contribution in [3.05, 3.63) is 41.2 Å². The second kappa shape index (κ2) is 3.58. The average molecular weight is 249 g/mol. The molecule has 0 fully saturated rings. The Hall–Kier alpha value is -1.85. The van der Waals surface area contributed by atoms with Crippen LogP contribution in [0.1, 0.15) is 11.6 Å². The number of benzene rings is 1. The van der Waals surface area contributed by atoms with E-state index in [0.717, 1.165) is 16.9 Å². The highest BCUT2D eigenvalue weighted by Gasteiger charge is 2.27. The highest BCUT2D eigenvalue weighted by molar-refractivity contribution is 6.30. The van der Waals surface area contributed by atoms with E-state index in [1.807, 2.05) is 18.2 Å². The maximum atomic E-state index is 11.4. The lowest BCUT2D eigenvalue weighted by Gasteiger charge is -2.05. The SMILES string of the molecule is NC1C(=O)Nc2cc(-n3cc(Cl)cn3)ccc21. The smallest absolute Gasteiger partial charge is 0.245 e. The van der Waals surface area contributed by atoms with Crippen LogP contribution in [0.15, 0.2) is 30.6 Å². The van der Waals surface area contributed by atoms with Crippen LogP contribution in [0.4, 0.5) is 5.69 Å². The number of hydrogen-bond donors (Lipinski definition) is 2. The van der Waals surface area contributed by atoms with Crippen LogP contribution in [0.25, 0.3) is 5.69 Å². The summed E-state index contributed by atoms with van der Waals surface area (Å²) in [6, 6.07) is 4.91. The summed E-state index contributed by atoms with van der Waals surface area (Å²) in [6.07, 6.45) is 3.25. The van der Waals surface area contributed by atoms with Crippen molar-refractivity contribution in [1.29, 1.82) is 0 Å². The first-order valence-electron chi connectivity index (χ1n) is 5.06. The number of hydrogen-bond acceptors (Lipinski definition) is 3. The van der Waals surface area contributed by atoms with E-state index >= 15 is 0 Å². The summed E-state index contributed by atoms with van der Waals surface area (Å²) in [5.41, 5.74) is 8.08. The first-order chi connectivity index (χ1) is 8.15. The van der Waals surface area contributed by atoms with E-state index in [1.54, 1.807) is 17.1 Å². The van der Waals surface area contributed by atoms with Crippen molar-refractivity contribution >= 4 is 23.2 Å². The van der Waals surface area contributed by atoms with Crippen LogP contribution < -0.4 is 11.1 Å². The number of anilines is 1. The van der Waals surface area contributed by atoms with Gasteiger partial charge in [0.1, 0.15) is 6.04 Å². The molecule has 1 unspecified atom stereocenters. The zero-order chi connectivity index (χ0) is 12.0. The summed E-state index contributed by atoms with van der Waals surface area (Å²) in [6.45, 7) is 0. The quantitative estimate of drug-likeness (QED) is 0.803. The zero-order valence-electron chi connectivity index (χ0n) is 8.72. The van der Waals surface area contributed by atoms with Crippen molar-refractivity contribution in [2.75, 3.05) is 5.32 Å². The van der Waals surface area contributed by atoms with E-state index in [4.69, 9.17) is 17.3 Å². The number of rotatable bonds is 1. The summed E-state index contributed by atoms with van der Waals surface area (Å²) in [7, 11) is 0. The Morgan fingerprint density at radius 2 is 2.29 bits per heavy atom.